The monoisotopic (exact) mass is 224 g/mol. The predicted molar refractivity (Wildman–Crippen MR) is 67.6 cm³/mol. The molecule has 0 radical (unpaired) electrons. The first-order valence-electron chi connectivity index (χ1n) is 5.21. The molecule has 0 atom stereocenters. The molecule has 0 aliphatic heterocycles. The number of hydrogen-bond donors (Lipinski definition) is 0. The first-order valence-corrected chi connectivity index (χ1v) is 11.1. The van der Waals surface area contributed by atoms with Crippen molar-refractivity contribution in [1.82, 2.24) is 0 Å². The molecule has 1 rings (SSSR count). The van der Waals surface area contributed by atoms with Crippen LogP contribution in [0, 0.1) is 0 Å². The minimum atomic E-state index is -1.45. The van der Waals surface area contributed by atoms with Gasteiger partial charge in [-0.15, -0.1) is 0 Å². The van der Waals surface area contributed by atoms with E-state index in [9.17, 15) is 0 Å². The summed E-state index contributed by atoms with van der Waals surface area (Å²) >= 11 is 0. The largest absolute Gasteiger partial charge is 0.458 e. The molecule has 0 unspecified atom stereocenters. The molecule has 0 saturated carbocycles. The van der Waals surface area contributed by atoms with Crippen molar-refractivity contribution >= 4 is 17.4 Å². The van der Waals surface area contributed by atoms with Crippen LogP contribution in [0.2, 0.25) is 26.2 Å². The second-order valence-corrected chi connectivity index (χ2v) is 11.5. The van der Waals surface area contributed by atoms with Gasteiger partial charge in [-0.05, 0) is 37.8 Å². The second-order valence-electron chi connectivity index (χ2n) is 4.59. The van der Waals surface area contributed by atoms with E-state index < -0.39 is 17.4 Å². The summed E-state index contributed by atoms with van der Waals surface area (Å²) in [5.74, 6) is 0. The molecule has 0 aliphatic rings. The summed E-state index contributed by atoms with van der Waals surface area (Å²) in [5.41, 5.74) is 1.42. The fourth-order valence-corrected chi connectivity index (χ4v) is 8.42. The van der Waals surface area contributed by atoms with Gasteiger partial charge in [0.2, 0.25) is 0 Å². The molecule has 0 heterocycles. The van der Waals surface area contributed by atoms with Crippen LogP contribution in [0.1, 0.15) is 5.56 Å². The van der Waals surface area contributed by atoms with Crippen molar-refractivity contribution in [3.63, 3.8) is 0 Å². The van der Waals surface area contributed by atoms with Gasteiger partial charge >= 0.3 is 0 Å². The van der Waals surface area contributed by atoms with Gasteiger partial charge in [0.1, 0.15) is 0 Å². The van der Waals surface area contributed by atoms with Crippen molar-refractivity contribution in [1.29, 1.82) is 0 Å². The van der Waals surface area contributed by atoms with Crippen molar-refractivity contribution in [3.05, 3.63) is 35.9 Å². The summed E-state index contributed by atoms with van der Waals surface area (Å²) < 4.78 is 6.12. The SMILES string of the molecule is C[SiH](C)O[Si](C)(C)Cc1ccccc1. The lowest BCUT2D eigenvalue weighted by Gasteiger charge is -2.25. The van der Waals surface area contributed by atoms with Crippen LogP contribution in [-0.4, -0.2) is 17.4 Å². The molecule has 0 saturated heterocycles. The van der Waals surface area contributed by atoms with Crippen LogP contribution in [0.15, 0.2) is 30.3 Å². The zero-order chi connectivity index (χ0) is 10.6. The molecule has 78 valence electrons. The van der Waals surface area contributed by atoms with Crippen LogP contribution in [0.4, 0.5) is 0 Å². The Balaban J connectivity index is 2.59. The molecule has 3 heteroatoms. The first-order chi connectivity index (χ1) is 6.49. The minimum Gasteiger partial charge on any atom is -0.458 e. The highest BCUT2D eigenvalue weighted by Gasteiger charge is 2.23. The molecule has 0 amide bonds. The van der Waals surface area contributed by atoms with Gasteiger partial charge < -0.3 is 4.12 Å². The van der Waals surface area contributed by atoms with Crippen LogP contribution in [0.5, 0.6) is 0 Å². The molecule has 0 aromatic heterocycles. The first kappa shape index (κ1) is 11.7. The van der Waals surface area contributed by atoms with Crippen LogP contribution in [0.25, 0.3) is 0 Å². The van der Waals surface area contributed by atoms with Gasteiger partial charge in [0, 0.05) is 0 Å². The summed E-state index contributed by atoms with van der Waals surface area (Å²) in [6.07, 6.45) is 0. The highest BCUT2D eigenvalue weighted by Crippen LogP contribution is 2.14. The Labute approximate surface area is 90.0 Å². The van der Waals surface area contributed by atoms with E-state index in [2.05, 4.69) is 56.5 Å². The average Bonchev–Trinajstić information content (AvgIpc) is 2.02. The Hall–Kier alpha value is -0.386. The molecule has 0 N–H and O–H groups in total. The molecule has 0 aliphatic carbocycles. The maximum Gasteiger partial charge on any atom is 0.177 e. The van der Waals surface area contributed by atoms with Crippen molar-refractivity contribution in [2.45, 2.75) is 32.2 Å². The Morgan fingerprint density at radius 1 is 1.14 bits per heavy atom. The highest BCUT2D eigenvalue weighted by molar-refractivity contribution is 6.77. The van der Waals surface area contributed by atoms with E-state index in [1.165, 1.54) is 5.56 Å². The van der Waals surface area contributed by atoms with Crippen LogP contribution < -0.4 is 0 Å². The lowest BCUT2D eigenvalue weighted by atomic mass is 10.2. The number of hydrogen-bond acceptors (Lipinski definition) is 1. The van der Waals surface area contributed by atoms with Crippen LogP contribution >= 0.6 is 0 Å². The van der Waals surface area contributed by atoms with Crippen LogP contribution in [-0.2, 0) is 10.2 Å². The van der Waals surface area contributed by atoms with E-state index in [-0.39, 0.29) is 0 Å². The predicted octanol–water partition coefficient (Wildman–Crippen LogP) is 2.97. The lowest BCUT2D eigenvalue weighted by molar-refractivity contribution is 0.571. The molecule has 14 heavy (non-hydrogen) atoms. The van der Waals surface area contributed by atoms with E-state index >= 15 is 0 Å². The molecular formula is C11H20OSi2. The standard InChI is InChI=1S/C11H20OSi2/c1-13(2)12-14(3,4)10-11-8-6-5-7-9-11/h5-9,13H,10H2,1-4H3. The average molecular weight is 224 g/mol. The maximum atomic E-state index is 6.12. The fraction of sp³-hybridized carbons (Fsp3) is 0.455. The molecule has 1 nitrogen and oxygen atoms in total. The van der Waals surface area contributed by atoms with E-state index in [1.807, 2.05) is 0 Å². The van der Waals surface area contributed by atoms with Gasteiger partial charge in [0.25, 0.3) is 0 Å². The topological polar surface area (TPSA) is 9.23 Å². The minimum absolute atomic E-state index is 0.875. The molecule has 1 aromatic rings. The third-order valence-corrected chi connectivity index (χ3v) is 7.73. The third kappa shape index (κ3) is 4.22. The molecule has 0 fully saturated rings. The summed E-state index contributed by atoms with van der Waals surface area (Å²) in [5, 5.41) is 0. The van der Waals surface area contributed by atoms with Gasteiger partial charge in [0.15, 0.2) is 17.4 Å². The number of rotatable bonds is 4. The van der Waals surface area contributed by atoms with E-state index in [4.69, 9.17) is 4.12 Å². The summed E-state index contributed by atoms with van der Waals surface area (Å²) in [6.45, 7) is 9.12. The van der Waals surface area contributed by atoms with Gasteiger partial charge in [-0.2, -0.15) is 0 Å². The zero-order valence-electron chi connectivity index (χ0n) is 9.58. The summed E-state index contributed by atoms with van der Waals surface area (Å²) in [7, 11) is -2.32. The van der Waals surface area contributed by atoms with Gasteiger partial charge in [-0.25, -0.2) is 0 Å². The zero-order valence-corrected chi connectivity index (χ0v) is 11.7. The molecule has 0 spiro atoms. The second kappa shape index (κ2) is 4.91. The highest BCUT2D eigenvalue weighted by atomic mass is 28.4. The lowest BCUT2D eigenvalue weighted by Crippen LogP contribution is -2.38. The Morgan fingerprint density at radius 3 is 2.21 bits per heavy atom. The Morgan fingerprint density at radius 2 is 1.71 bits per heavy atom. The van der Waals surface area contributed by atoms with Crippen molar-refractivity contribution < 1.29 is 4.12 Å². The number of benzene rings is 1. The molecule has 0 bridgehead atoms. The van der Waals surface area contributed by atoms with Gasteiger partial charge in [-0.1, -0.05) is 30.3 Å². The normalized spacial score (nSPS) is 12.1. The molecule has 1 aromatic carbocycles. The Bertz CT molecular complexity index is 270. The fourth-order valence-electron chi connectivity index (χ4n) is 1.77. The Kier molecular flexibility index (Phi) is 4.10. The smallest absolute Gasteiger partial charge is 0.177 e. The van der Waals surface area contributed by atoms with E-state index in [0.29, 0.717) is 0 Å². The summed E-state index contributed by atoms with van der Waals surface area (Å²) in [6, 6.07) is 11.8. The quantitative estimate of drug-likeness (QED) is 0.715. The van der Waals surface area contributed by atoms with Crippen molar-refractivity contribution in [3.8, 4) is 0 Å². The van der Waals surface area contributed by atoms with Crippen molar-refractivity contribution in [2.75, 3.05) is 0 Å². The van der Waals surface area contributed by atoms with E-state index in [0.717, 1.165) is 6.04 Å². The van der Waals surface area contributed by atoms with E-state index in [1.54, 1.807) is 0 Å². The maximum absolute atomic E-state index is 6.12. The summed E-state index contributed by atoms with van der Waals surface area (Å²) in [4.78, 5) is 0. The van der Waals surface area contributed by atoms with Gasteiger partial charge in [0.05, 0.1) is 0 Å². The van der Waals surface area contributed by atoms with Crippen LogP contribution in [0.3, 0.4) is 0 Å². The third-order valence-electron chi connectivity index (χ3n) is 2.03. The molecular weight excluding hydrogens is 204 g/mol. The van der Waals surface area contributed by atoms with Crippen molar-refractivity contribution in [2.24, 2.45) is 0 Å². The van der Waals surface area contributed by atoms with Gasteiger partial charge in [-0.3, -0.25) is 0 Å².